The molecule has 142 valence electrons. The third-order valence-electron chi connectivity index (χ3n) is 3.30. The largest absolute Gasteiger partial charge is 0.459 e. The molecule has 0 fully saturated rings. The van der Waals surface area contributed by atoms with Gasteiger partial charge in [0, 0.05) is 13.1 Å². The smallest absolute Gasteiger partial charge is 0.407 e. The molecule has 0 radical (unpaired) electrons. The minimum absolute atomic E-state index is 0.121. The quantitative estimate of drug-likeness (QED) is 0.733. The number of furan rings is 1. The Bertz CT molecular complexity index is 729. The van der Waals surface area contributed by atoms with Crippen LogP contribution in [0.5, 0.6) is 0 Å². The Morgan fingerprint density at radius 2 is 1.96 bits per heavy atom. The van der Waals surface area contributed by atoms with E-state index in [2.05, 4.69) is 15.6 Å². The van der Waals surface area contributed by atoms with Crippen LogP contribution >= 0.6 is 0 Å². The number of nitrogens with zero attached hydrogens (tertiary/aromatic N) is 1. The first-order valence-corrected chi connectivity index (χ1v) is 8.48. The number of hydrogen-bond acceptors (Lipinski definition) is 6. The van der Waals surface area contributed by atoms with Crippen LogP contribution in [0, 0.1) is 6.92 Å². The Morgan fingerprint density at radius 3 is 2.62 bits per heavy atom. The second-order valence-corrected chi connectivity index (χ2v) is 6.81. The lowest BCUT2D eigenvalue weighted by Crippen LogP contribution is -2.34. The number of rotatable bonds is 7. The van der Waals surface area contributed by atoms with Gasteiger partial charge in [-0.25, -0.2) is 9.78 Å². The minimum atomic E-state index is -0.526. The van der Waals surface area contributed by atoms with Crippen LogP contribution in [0.1, 0.15) is 38.6 Å². The SMILES string of the molecule is Cc1oc(-c2ccco2)nc1CC(=O)NCCCNC(=O)OC(C)(C)C. The Morgan fingerprint density at radius 1 is 1.23 bits per heavy atom. The number of aromatic nitrogens is 1. The molecule has 2 aromatic rings. The molecule has 0 aliphatic heterocycles. The molecule has 0 aliphatic rings. The van der Waals surface area contributed by atoms with E-state index in [1.165, 1.54) is 6.26 Å². The van der Waals surface area contributed by atoms with Gasteiger partial charge < -0.3 is 24.2 Å². The van der Waals surface area contributed by atoms with Crippen LogP contribution in [0.2, 0.25) is 0 Å². The molecule has 0 atom stereocenters. The van der Waals surface area contributed by atoms with E-state index >= 15 is 0 Å². The fourth-order valence-corrected chi connectivity index (χ4v) is 2.13. The normalized spacial score (nSPS) is 11.2. The van der Waals surface area contributed by atoms with Crippen molar-refractivity contribution in [1.29, 1.82) is 0 Å². The Kier molecular flexibility index (Phi) is 6.43. The highest BCUT2D eigenvalue weighted by atomic mass is 16.6. The number of amides is 2. The molecule has 2 rings (SSSR count). The number of carbonyl (C=O) groups excluding carboxylic acids is 2. The number of oxazole rings is 1. The maximum absolute atomic E-state index is 12.0. The highest BCUT2D eigenvalue weighted by Gasteiger charge is 2.17. The van der Waals surface area contributed by atoms with Crippen LogP contribution in [0.3, 0.4) is 0 Å². The monoisotopic (exact) mass is 363 g/mol. The minimum Gasteiger partial charge on any atom is -0.459 e. The van der Waals surface area contributed by atoms with Gasteiger partial charge in [-0.1, -0.05) is 0 Å². The summed E-state index contributed by atoms with van der Waals surface area (Å²) in [5, 5.41) is 5.43. The summed E-state index contributed by atoms with van der Waals surface area (Å²) in [6.45, 7) is 8.02. The van der Waals surface area contributed by atoms with Crippen LogP contribution in [0.15, 0.2) is 27.2 Å². The molecule has 8 heteroatoms. The molecule has 26 heavy (non-hydrogen) atoms. The molecule has 0 aliphatic carbocycles. The number of hydrogen-bond donors (Lipinski definition) is 2. The number of carbonyl (C=O) groups is 2. The van der Waals surface area contributed by atoms with Crippen LogP contribution in [0.25, 0.3) is 11.7 Å². The lowest BCUT2D eigenvalue weighted by Gasteiger charge is -2.19. The van der Waals surface area contributed by atoms with Gasteiger partial charge in [-0.2, -0.15) is 0 Å². The first-order chi connectivity index (χ1) is 12.2. The summed E-state index contributed by atoms with van der Waals surface area (Å²) in [4.78, 5) is 27.8. The summed E-state index contributed by atoms with van der Waals surface area (Å²) < 4.78 is 15.9. The van der Waals surface area contributed by atoms with E-state index in [1.807, 2.05) is 0 Å². The van der Waals surface area contributed by atoms with Crippen molar-refractivity contribution in [2.45, 2.75) is 46.1 Å². The van der Waals surface area contributed by atoms with E-state index < -0.39 is 11.7 Å². The van der Waals surface area contributed by atoms with Gasteiger partial charge >= 0.3 is 6.09 Å². The van der Waals surface area contributed by atoms with E-state index in [4.69, 9.17) is 13.6 Å². The molecule has 0 saturated carbocycles. The van der Waals surface area contributed by atoms with E-state index in [0.29, 0.717) is 42.6 Å². The van der Waals surface area contributed by atoms with Crippen molar-refractivity contribution >= 4 is 12.0 Å². The summed E-state index contributed by atoms with van der Waals surface area (Å²) in [5.41, 5.74) is 0.0446. The first-order valence-electron chi connectivity index (χ1n) is 8.48. The average molecular weight is 363 g/mol. The number of ether oxygens (including phenoxy) is 1. The molecule has 0 aromatic carbocycles. The predicted molar refractivity (Wildman–Crippen MR) is 94.5 cm³/mol. The van der Waals surface area contributed by atoms with E-state index in [9.17, 15) is 9.59 Å². The second kappa shape index (κ2) is 8.55. The number of nitrogens with one attached hydrogen (secondary N) is 2. The topological polar surface area (TPSA) is 107 Å². The van der Waals surface area contributed by atoms with Crippen molar-refractivity contribution in [2.24, 2.45) is 0 Å². The van der Waals surface area contributed by atoms with Crippen molar-refractivity contribution in [3.8, 4) is 11.7 Å². The third kappa shape index (κ3) is 6.27. The van der Waals surface area contributed by atoms with Crippen molar-refractivity contribution < 1.29 is 23.2 Å². The molecule has 2 amide bonds. The lowest BCUT2D eigenvalue weighted by molar-refractivity contribution is -0.120. The number of alkyl carbamates (subject to hydrolysis) is 1. The first kappa shape index (κ1) is 19.6. The molecular formula is C18H25N3O5. The summed E-state index contributed by atoms with van der Waals surface area (Å²) in [6.07, 6.45) is 1.79. The standard InChI is InChI=1S/C18H25N3O5/c1-12-13(21-16(25-12)14-7-5-10-24-14)11-15(22)19-8-6-9-20-17(23)26-18(2,3)4/h5,7,10H,6,8-9,11H2,1-4H3,(H,19,22)(H,20,23). The zero-order valence-electron chi connectivity index (χ0n) is 15.5. The molecule has 0 spiro atoms. The molecule has 0 unspecified atom stereocenters. The Balaban J connectivity index is 1.69. The van der Waals surface area contributed by atoms with Crippen molar-refractivity contribution in [3.63, 3.8) is 0 Å². The molecule has 2 N–H and O–H groups in total. The van der Waals surface area contributed by atoms with Gasteiger partial charge in [0.25, 0.3) is 5.89 Å². The van der Waals surface area contributed by atoms with Gasteiger partial charge in [-0.05, 0) is 46.2 Å². The van der Waals surface area contributed by atoms with Crippen molar-refractivity contribution in [3.05, 3.63) is 29.9 Å². The average Bonchev–Trinajstić information content (AvgIpc) is 3.15. The molecule has 2 heterocycles. The maximum atomic E-state index is 12.0. The fourth-order valence-electron chi connectivity index (χ4n) is 2.13. The van der Waals surface area contributed by atoms with E-state index in [1.54, 1.807) is 39.8 Å². The number of aryl methyl sites for hydroxylation is 1. The highest BCUT2D eigenvalue weighted by Crippen LogP contribution is 2.22. The van der Waals surface area contributed by atoms with Crippen LogP contribution in [-0.2, 0) is 16.0 Å². The zero-order valence-corrected chi connectivity index (χ0v) is 15.5. The van der Waals surface area contributed by atoms with Gasteiger partial charge in [0.15, 0.2) is 5.76 Å². The summed E-state index contributed by atoms with van der Waals surface area (Å²) in [5.74, 6) is 1.30. The van der Waals surface area contributed by atoms with Crippen LogP contribution in [-0.4, -0.2) is 35.7 Å². The second-order valence-electron chi connectivity index (χ2n) is 6.81. The highest BCUT2D eigenvalue weighted by molar-refractivity contribution is 5.78. The van der Waals surface area contributed by atoms with Crippen molar-refractivity contribution in [1.82, 2.24) is 15.6 Å². The maximum Gasteiger partial charge on any atom is 0.407 e. The van der Waals surface area contributed by atoms with Gasteiger partial charge in [0.2, 0.25) is 5.91 Å². The molecule has 8 nitrogen and oxygen atoms in total. The van der Waals surface area contributed by atoms with Gasteiger partial charge in [-0.3, -0.25) is 4.79 Å². The lowest BCUT2D eigenvalue weighted by atomic mass is 10.2. The third-order valence-corrected chi connectivity index (χ3v) is 3.30. The van der Waals surface area contributed by atoms with E-state index in [-0.39, 0.29) is 12.3 Å². The van der Waals surface area contributed by atoms with E-state index in [0.717, 1.165) is 0 Å². The molecule has 0 bridgehead atoms. The fraction of sp³-hybridized carbons (Fsp3) is 0.500. The van der Waals surface area contributed by atoms with Gasteiger partial charge in [0.1, 0.15) is 11.4 Å². The zero-order chi connectivity index (χ0) is 19.2. The molecule has 2 aromatic heterocycles. The van der Waals surface area contributed by atoms with Crippen LogP contribution in [0.4, 0.5) is 4.79 Å². The summed E-state index contributed by atoms with van der Waals surface area (Å²) in [7, 11) is 0. The predicted octanol–water partition coefficient (Wildman–Crippen LogP) is 2.82. The molecule has 0 saturated heterocycles. The van der Waals surface area contributed by atoms with Crippen molar-refractivity contribution in [2.75, 3.05) is 13.1 Å². The van der Waals surface area contributed by atoms with Gasteiger partial charge in [-0.15, -0.1) is 0 Å². The Labute approximate surface area is 152 Å². The summed E-state index contributed by atoms with van der Waals surface area (Å²) in [6, 6.07) is 3.49. The van der Waals surface area contributed by atoms with Crippen LogP contribution < -0.4 is 10.6 Å². The Hall–Kier alpha value is -2.77. The molecular weight excluding hydrogens is 338 g/mol. The van der Waals surface area contributed by atoms with Gasteiger partial charge in [0.05, 0.1) is 18.4 Å². The summed E-state index contributed by atoms with van der Waals surface area (Å²) >= 11 is 0.